The van der Waals surface area contributed by atoms with Gasteiger partial charge in [-0.25, -0.2) is 4.79 Å². The highest BCUT2D eigenvalue weighted by Gasteiger charge is 2.21. The van der Waals surface area contributed by atoms with E-state index in [-0.39, 0.29) is 24.6 Å². The molecule has 1 aromatic carbocycles. The van der Waals surface area contributed by atoms with Crippen LogP contribution in [0.2, 0.25) is 0 Å². The summed E-state index contributed by atoms with van der Waals surface area (Å²) in [7, 11) is 0. The van der Waals surface area contributed by atoms with Gasteiger partial charge in [-0.3, -0.25) is 14.2 Å². The van der Waals surface area contributed by atoms with E-state index in [4.69, 9.17) is 9.47 Å². The van der Waals surface area contributed by atoms with Crippen molar-refractivity contribution >= 4 is 35.4 Å². The third-order valence-electron chi connectivity index (χ3n) is 5.54. The summed E-state index contributed by atoms with van der Waals surface area (Å²) in [6, 6.07) is 7.48. The molecule has 1 amide bonds. The molecule has 0 aliphatic carbocycles. The van der Waals surface area contributed by atoms with Gasteiger partial charge in [0, 0.05) is 13.1 Å². The summed E-state index contributed by atoms with van der Waals surface area (Å²) >= 11 is 1.18. The normalized spacial score (nSPS) is 15.7. The summed E-state index contributed by atoms with van der Waals surface area (Å²) in [4.78, 5) is 40.0. The SMILES string of the molecule is CCCOc1ccc(C=c2sc(=CC(=O)OCC)n(CC(=O)N3CCC(C)CC3)c2=O)cc1. The minimum Gasteiger partial charge on any atom is -0.494 e. The summed E-state index contributed by atoms with van der Waals surface area (Å²) in [6.45, 7) is 8.14. The first kappa shape index (κ1) is 24.8. The van der Waals surface area contributed by atoms with Gasteiger partial charge >= 0.3 is 5.97 Å². The number of ether oxygens (including phenoxy) is 2. The van der Waals surface area contributed by atoms with Gasteiger partial charge in [-0.2, -0.15) is 0 Å². The van der Waals surface area contributed by atoms with E-state index < -0.39 is 5.97 Å². The number of carbonyl (C=O) groups excluding carboxylic acids is 2. The van der Waals surface area contributed by atoms with Crippen molar-refractivity contribution in [1.29, 1.82) is 0 Å². The second-order valence-electron chi connectivity index (χ2n) is 8.22. The topological polar surface area (TPSA) is 77.8 Å². The molecule has 1 aromatic heterocycles. The van der Waals surface area contributed by atoms with Crippen molar-refractivity contribution in [2.75, 3.05) is 26.3 Å². The quantitative estimate of drug-likeness (QED) is 0.550. The molecule has 0 radical (unpaired) electrons. The van der Waals surface area contributed by atoms with E-state index in [9.17, 15) is 14.4 Å². The molecular formula is C25H32N2O5S. The van der Waals surface area contributed by atoms with E-state index >= 15 is 0 Å². The highest BCUT2D eigenvalue weighted by Crippen LogP contribution is 2.16. The van der Waals surface area contributed by atoms with Crippen LogP contribution in [-0.2, 0) is 20.9 Å². The lowest BCUT2D eigenvalue weighted by atomic mass is 9.99. The molecule has 2 aromatic rings. The molecule has 1 saturated heterocycles. The molecule has 0 atom stereocenters. The van der Waals surface area contributed by atoms with Gasteiger partial charge in [0.15, 0.2) is 0 Å². The minimum atomic E-state index is -0.532. The molecular weight excluding hydrogens is 440 g/mol. The molecule has 7 nitrogen and oxygen atoms in total. The lowest BCUT2D eigenvalue weighted by molar-refractivity contribution is -0.136. The van der Waals surface area contributed by atoms with Crippen LogP contribution < -0.4 is 19.5 Å². The van der Waals surface area contributed by atoms with Crippen LogP contribution in [0, 0.1) is 5.92 Å². The second kappa shape index (κ2) is 11.8. The smallest absolute Gasteiger partial charge is 0.333 e. The Kier molecular flexibility index (Phi) is 8.88. The third kappa shape index (κ3) is 6.81. The zero-order valence-corrected chi connectivity index (χ0v) is 20.4. The summed E-state index contributed by atoms with van der Waals surface area (Å²) in [5.41, 5.74) is 0.545. The number of aromatic nitrogens is 1. The van der Waals surface area contributed by atoms with E-state index in [0.29, 0.717) is 34.8 Å². The number of hydrogen-bond donors (Lipinski definition) is 0. The van der Waals surface area contributed by atoms with Crippen LogP contribution in [0.15, 0.2) is 29.1 Å². The van der Waals surface area contributed by atoms with Crippen molar-refractivity contribution in [1.82, 2.24) is 9.47 Å². The Labute approximate surface area is 197 Å². The van der Waals surface area contributed by atoms with Gasteiger partial charge in [-0.1, -0.05) is 26.0 Å². The maximum absolute atomic E-state index is 13.2. The Balaban J connectivity index is 1.93. The van der Waals surface area contributed by atoms with Crippen molar-refractivity contribution < 1.29 is 19.1 Å². The highest BCUT2D eigenvalue weighted by molar-refractivity contribution is 7.07. The third-order valence-corrected chi connectivity index (χ3v) is 6.60. The van der Waals surface area contributed by atoms with Gasteiger partial charge in [0.25, 0.3) is 5.56 Å². The number of piperidine rings is 1. The predicted octanol–water partition coefficient (Wildman–Crippen LogP) is 2.13. The maximum atomic E-state index is 13.2. The number of benzene rings is 1. The van der Waals surface area contributed by atoms with Gasteiger partial charge in [-0.15, -0.1) is 11.3 Å². The van der Waals surface area contributed by atoms with E-state index in [2.05, 4.69) is 6.92 Å². The number of hydrogen-bond acceptors (Lipinski definition) is 6. The number of carbonyl (C=O) groups is 2. The number of esters is 1. The fraction of sp³-hybridized carbons (Fsp3) is 0.480. The lowest BCUT2D eigenvalue weighted by Crippen LogP contribution is -2.43. The first-order chi connectivity index (χ1) is 15.9. The van der Waals surface area contributed by atoms with Crippen LogP contribution in [-0.4, -0.2) is 47.6 Å². The van der Waals surface area contributed by atoms with Crippen molar-refractivity contribution in [2.45, 2.75) is 46.6 Å². The predicted molar refractivity (Wildman–Crippen MR) is 130 cm³/mol. The van der Waals surface area contributed by atoms with Gasteiger partial charge in [-0.05, 0) is 55.9 Å². The average molecular weight is 473 g/mol. The molecule has 33 heavy (non-hydrogen) atoms. The van der Waals surface area contributed by atoms with Crippen LogP contribution in [0.4, 0.5) is 0 Å². The van der Waals surface area contributed by atoms with E-state index in [1.807, 2.05) is 31.2 Å². The Hall–Kier alpha value is -2.87. The molecule has 178 valence electrons. The summed E-state index contributed by atoms with van der Waals surface area (Å²) < 4.78 is 12.9. The Bertz CT molecular complexity index is 1130. The van der Waals surface area contributed by atoms with E-state index in [0.717, 1.165) is 30.6 Å². The molecule has 1 aliphatic heterocycles. The Morgan fingerprint density at radius 1 is 1.15 bits per heavy atom. The summed E-state index contributed by atoms with van der Waals surface area (Å²) in [5, 5.41) is 0. The zero-order valence-electron chi connectivity index (χ0n) is 19.5. The van der Waals surface area contributed by atoms with Crippen molar-refractivity contribution in [3.05, 3.63) is 49.4 Å². The summed E-state index contributed by atoms with van der Waals surface area (Å²) in [6.07, 6.45) is 5.91. The van der Waals surface area contributed by atoms with E-state index in [1.54, 1.807) is 17.9 Å². The molecule has 0 N–H and O–H groups in total. The van der Waals surface area contributed by atoms with Crippen LogP contribution in [0.5, 0.6) is 5.75 Å². The second-order valence-corrected chi connectivity index (χ2v) is 9.28. The van der Waals surface area contributed by atoms with Crippen LogP contribution >= 0.6 is 11.3 Å². The lowest BCUT2D eigenvalue weighted by Gasteiger charge is -2.30. The molecule has 0 spiro atoms. The van der Waals surface area contributed by atoms with Gasteiger partial charge < -0.3 is 14.4 Å². The maximum Gasteiger partial charge on any atom is 0.333 e. The van der Waals surface area contributed by atoms with Crippen molar-refractivity contribution in [2.24, 2.45) is 5.92 Å². The fourth-order valence-electron chi connectivity index (χ4n) is 3.60. The largest absolute Gasteiger partial charge is 0.494 e. The molecule has 0 unspecified atom stereocenters. The number of nitrogens with zero attached hydrogens (tertiary/aromatic N) is 2. The van der Waals surface area contributed by atoms with Crippen molar-refractivity contribution in [3.8, 4) is 5.75 Å². The Morgan fingerprint density at radius 2 is 1.85 bits per heavy atom. The van der Waals surface area contributed by atoms with Crippen LogP contribution in [0.3, 0.4) is 0 Å². The number of amides is 1. The monoisotopic (exact) mass is 472 g/mol. The molecule has 1 fully saturated rings. The standard InChI is InChI=1S/C25H32N2O5S/c1-4-14-32-20-8-6-19(7-9-20)15-21-25(30)27(23(33-21)16-24(29)31-5-2)17-22(28)26-12-10-18(3)11-13-26/h6-9,15-16,18H,4-5,10-14,17H2,1-3H3. The zero-order chi connectivity index (χ0) is 23.8. The summed E-state index contributed by atoms with van der Waals surface area (Å²) in [5.74, 6) is 0.737. The number of rotatable bonds is 8. The van der Waals surface area contributed by atoms with E-state index in [1.165, 1.54) is 22.0 Å². The van der Waals surface area contributed by atoms with Gasteiger partial charge in [0.1, 0.15) is 17.0 Å². The Morgan fingerprint density at radius 3 is 2.48 bits per heavy atom. The fourth-order valence-corrected chi connectivity index (χ4v) is 4.63. The minimum absolute atomic E-state index is 0.0907. The highest BCUT2D eigenvalue weighted by atomic mass is 32.1. The number of thiazole rings is 1. The first-order valence-corrected chi connectivity index (χ1v) is 12.3. The first-order valence-electron chi connectivity index (χ1n) is 11.5. The molecule has 1 aliphatic rings. The van der Waals surface area contributed by atoms with Gasteiger partial charge in [0.2, 0.25) is 5.91 Å². The molecule has 0 bridgehead atoms. The van der Waals surface area contributed by atoms with Crippen LogP contribution in [0.25, 0.3) is 12.2 Å². The molecule has 0 saturated carbocycles. The van der Waals surface area contributed by atoms with Crippen molar-refractivity contribution in [3.63, 3.8) is 0 Å². The molecule has 2 heterocycles. The van der Waals surface area contributed by atoms with Gasteiger partial charge in [0.05, 0.1) is 23.8 Å². The van der Waals surface area contributed by atoms with Crippen LogP contribution in [0.1, 0.15) is 45.6 Å². The number of likely N-dealkylation sites (tertiary alicyclic amines) is 1. The molecule has 8 heteroatoms. The molecule has 3 rings (SSSR count). The average Bonchev–Trinajstić information content (AvgIpc) is 3.07.